The Hall–Kier alpha value is -14.0. The molecule has 15 rings (SSSR count). The van der Waals surface area contributed by atoms with Crippen molar-refractivity contribution >= 4 is 76.8 Å². The van der Waals surface area contributed by atoms with E-state index in [0.29, 0.717) is 105 Å². The highest BCUT2D eigenvalue weighted by atomic mass is 16.5. The van der Waals surface area contributed by atoms with Crippen LogP contribution in [0.1, 0.15) is 127 Å². The number of piperazine rings is 1. The summed E-state index contributed by atoms with van der Waals surface area (Å²) in [4.78, 5) is 143. The molecular weight excluding hydrogens is 1480 g/mol. The SMILES string of the molecule is CCN1CCN(C(=NO)c2ccc(C#C[C@]3(CN4Cc5ccc(OC)cc5C4=O)NC(=O)NC3=O)cn2)CC1.COc1ccc2c(c1)C(=O)N(C[C@@]1(C#Cc3ccc(C(=NO)N4CCC(=O)CC4)cc3)NC(=O)NC1=O)C2.COc1ccc2c(c1)C(=O)N(C[C@@]1(C#Cc3ccc(C(=NO)N4CCCC[C@@H]4C)cc3)NC(=O)NC1=O)C2. The third-order valence-corrected chi connectivity index (χ3v) is 21.3. The van der Waals surface area contributed by atoms with Gasteiger partial charge in [-0.25, -0.2) is 14.4 Å². The summed E-state index contributed by atoms with van der Waals surface area (Å²) in [5.41, 5.74) is 2.53. The number of hydrogen-bond donors (Lipinski definition) is 9. The normalized spacial score (nSPS) is 21.7. The van der Waals surface area contributed by atoms with Crippen molar-refractivity contribution in [1.82, 2.24) is 71.2 Å². The molecule has 9 aliphatic rings. The van der Waals surface area contributed by atoms with Crippen molar-refractivity contribution in [2.75, 3.05) is 93.3 Å². The quantitative estimate of drug-likeness (QED) is 0.0198. The maximum atomic E-state index is 13.1. The number of aromatic nitrogens is 1. The number of fused-ring (bicyclic) bond motifs is 3. The molecule has 10 heterocycles. The molecule has 5 aromatic carbocycles. The van der Waals surface area contributed by atoms with E-state index in [2.05, 4.69) is 112 Å². The molecule has 9 N–H and O–H groups in total. The van der Waals surface area contributed by atoms with Crippen LogP contribution in [0.15, 0.2) is 137 Å². The summed E-state index contributed by atoms with van der Waals surface area (Å²) < 4.78 is 15.7. The molecule has 6 saturated heterocycles. The summed E-state index contributed by atoms with van der Waals surface area (Å²) in [7, 11) is 4.57. The molecule has 33 heteroatoms. The zero-order valence-electron chi connectivity index (χ0n) is 63.6. The second kappa shape index (κ2) is 33.9. The molecular formula is C82H83N17O16. The highest BCUT2D eigenvalue weighted by molar-refractivity contribution is 6.12. The van der Waals surface area contributed by atoms with Crippen LogP contribution in [0, 0.1) is 35.5 Å². The number of amidine groups is 3. The number of urea groups is 3. The number of rotatable bonds is 13. The van der Waals surface area contributed by atoms with Crippen LogP contribution < -0.4 is 46.1 Å². The number of benzene rings is 5. The standard InChI is InChI=1S/C28H29N5O5.C27H29N7O5.C27H25N5O6/c1-18-5-3-4-14-33(18)24(31-37)20-8-6-19(7-9-20)12-13-28(26(35)29-27(36)30-28)17-32-16-21-10-11-22(38-2)15-23(21)25(32)34;1-3-32-10-12-33(13-11-32)23(31-38)22-7-4-18(15-28-22)8-9-27(25(36)29-26(37)30-27)17-34-16-19-5-6-20(39-2)14-21(19)24(34)35;1-38-21-7-6-19-15-32(24(34)22(19)14-21)16-27(25(35)28-26(36)29-27)11-8-17-2-4-18(5-3-17)23(30-37)31-12-9-20(33)10-13-31/h6-11,15,18,37H,3-5,14,16-17H2,1-2H3,(H2,29,30,35,36);4-7,14-15,38H,3,10-13,16-17H2,1-2H3,(H2,29,30,36,37);2-7,14,37H,9-10,12-13,15-16H2,1H3,(H2,28,29,35,36)/t18-,28+;2*27-/m011/s1. The lowest BCUT2D eigenvalue weighted by molar-refractivity contribution is -0.123. The number of piperidine rings is 2. The van der Waals surface area contributed by atoms with Crippen molar-refractivity contribution in [3.8, 4) is 52.8 Å². The van der Waals surface area contributed by atoms with Gasteiger partial charge in [-0.15, -0.1) is 0 Å². The number of Topliss-reactive ketones (excluding diaryl/α,β-unsaturated/α-hetero) is 1. The topological polar surface area (TPSA) is 404 Å². The van der Waals surface area contributed by atoms with E-state index >= 15 is 0 Å². The fraction of sp³-hybridized carbons (Fsp3) is 0.341. The number of oxime groups is 3. The first-order chi connectivity index (χ1) is 55.5. The molecule has 0 spiro atoms. The number of nitrogens with one attached hydrogen (secondary N) is 6. The number of likely N-dealkylation sites (N-methyl/N-ethyl adjacent to an activating group) is 1. The van der Waals surface area contributed by atoms with Gasteiger partial charge in [0.15, 0.2) is 17.5 Å². The number of nitrogens with zero attached hydrogens (tertiary/aromatic N) is 11. The van der Waals surface area contributed by atoms with Crippen LogP contribution in [0.2, 0.25) is 0 Å². The molecule has 592 valence electrons. The number of methoxy groups -OCH3 is 3. The minimum absolute atomic E-state index is 0.111. The van der Waals surface area contributed by atoms with Crippen molar-refractivity contribution in [3.63, 3.8) is 0 Å². The monoisotopic (exact) mass is 1560 g/mol. The number of amides is 12. The molecule has 1 aromatic heterocycles. The number of imide groups is 3. The Morgan fingerprint density at radius 1 is 0.478 bits per heavy atom. The zero-order valence-corrected chi connectivity index (χ0v) is 63.6. The molecule has 6 aromatic rings. The average Bonchev–Trinajstić information content (AvgIpc) is 1.63. The van der Waals surface area contributed by atoms with E-state index in [0.717, 1.165) is 80.8 Å². The first-order valence-corrected chi connectivity index (χ1v) is 37.2. The van der Waals surface area contributed by atoms with Crippen LogP contribution in [0.5, 0.6) is 17.2 Å². The van der Waals surface area contributed by atoms with E-state index in [1.807, 2.05) is 28.0 Å². The fourth-order valence-electron chi connectivity index (χ4n) is 14.9. The van der Waals surface area contributed by atoms with Crippen molar-refractivity contribution in [3.05, 3.63) is 188 Å². The summed E-state index contributed by atoms with van der Waals surface area (Å²) in [6.45, 7) is 10.6. The van der Waals surface area contributed by atoms with Gasteiger partial charge in [0.1, 0.15) is 28.7 Å². The van der Waals surface area contributed by atoms with Crippen LogP contribution in [-0.2, 0) is 38.8 Å². The predicted molar refractivity (Wildman–Crippen MR) is 414 cm³/mol. The number of hydrogen-bond acceptors (Lipinski definition) is 21. The molecule has 0 saturated carbocycles. The minimum Gasteiger partial charge on any atom is -0.497 e. The van der Waals surface area contributed by atoms with Gasteiger partial charge in [0.2, 0.25) is 16.6 Å². The van der Waals surface area contributed by atoms with Crippen molar-refractivity contribution in [2.24, 2.45) is 15.5 Å². The Kier molecular flexibility index (Phi) is 23.3. The molecule has 9 aliphatic heterocycles. The van der Waals surface area contributed by atoms with Gasteiger partial charge >= 0.3 is 18.1 Å². The Balaban J connectivity index is 0.000000150. The molecule has 12 amide bonds. The first kappa shape index (κ1) is 79.1. The van der Waals surface area contributed by atoms with Crippen LogP contribution in [-0.4, -0.2) is 248 Å². The predicted octanol–water partition coefficient (Wildman–Crippen LogP) is 3.82. The van der Waals surface area contributed by atoms with E-state index in [1.165, 1.54) is 42.2 Å². The Morgan fingerprint density at radius 2 is 0.870 bits per heavy atom. The fourth-order valence-corrected chi connectivity index (χ4v) is 14.9. The summed E-state index contributed by atoms with van der Waals surface area (Å²) in [6.07, 6.45) is 5.55. The largest absolute Gasteiger partial charge is 0.497 e. The third-order valence-electron chi connectivity index (χ3n) is 21.3. The molecule has 115 heavy (non-hydrogen) atoms. The molecule has 4 atom stereocenters. The summed E-state index contributed by atoms with van der Waals surface area (Å²) in [5, 5.41) is 53.9. The zero-order chi connectivity index (χ0) is 81.3. The second-order valence-electron chi connectivity index (χ2n) is 28.6. The van der Waals surface area contributed by atoms with E-state index in [4.69, 9.17) is 14.2 Å². The van der Waals surface area contributed by atoms with Gasteiger partial charge in [0.25, 0.3) is 35.4 Å². The Bertz CT molecular complexity index is 5200. The van der Waals surface area contributed by atoms with Crippen LogP contribution in [0.3, 0.4) is 0 Å². The van der Waals surface area contributed by atoms with E-state index < -0.39 is 52.4 Å². The van der Waals surface area contributed by atoms with Crippen molar-refractivity contribution in [2.45, 2.75) is 88.2 Å². The van der Waals surface area contributed by atoms with E-state index in [1.54, 1.807) is 97.1 Å². The molecule has 33 nitrogen and oxygen atoms in total. The maximum Gasteiger partial charge on any atom is 0.323 e. The lowest BCUT2D eigenvalue weighted by Crippen LogP contribution is -2.54. The van der Waals surface area contributed by atoms with Crippen LogP contribution >= 0.6 is 0 Å². The van der Waals surface area contributed by atoms with Gasteiger partial charge in [0.05, 0.1) is 41.0 Å². The molecule has 0 radical (unpaired) electrons. The molecule has 6 fully saturated rings. The van der Waals surface area contributed by atoms with Crippen LogP contribution in [0.4, 0.5) is 14.4 Å². The highest BCUT2D eigenvalue weighted by Gasteiger charge is 2.51. The first-order valence-electron chi connectivity index (χ1n) is 37.2. The molecule has 0 aliphatic carbocycles. The van der Waals surface area contributed by atoms with Crippen LogP contribution in [0.25, 0.3) is 0 Å². The number of carbonyl (C=O) groups excluding carboxylic acids is 10. The average molecular weight is 1560 g/mol. The van der Waals surface area contributed by atoms with Gasteiger partial charge in [-0.3, -0.25) is 54.5 Å². The lowest BCUT2D eigenvalue weighted by Gasteiger charge is -2.35. The smallest absolute Gasteiger partial charge is 0.323 e. The van der Waals surface area contributed by atoms with Gasteiger partial charge < -0.3 is 80.1 Å². The van der Waals surface area contributed by atoms with Gasteiger partial charge in [0, 0.05) is 135 Å². The summed E-state index contributed by atoms with van der Waals surface area (Å²) in [5.74, 6) is 17.9. The number of pyridine rings is 1. The number of ketones is 1. The molecule has 0 unspecified atom stereocenters. The van der Waals surface area contributed by atoms with E-state index in [-0.39, 0.29) is 68.8 Å². The number of likely N-dealkylation sites (tertiary alicyclic amines) is 2. The van der Waals surface area contributed by atoms with Gasteiger partial charge in [-0.05, 0) is 146 Å². The number of carbonyl (C=O) groups is 10. The van der Waals surface area contributed by atoms with Crippen molar-refractivity contribution < 1.29 is 77.8 Å². The minimum atomic E-state index is -1.63. The van der Waals surface area contributed by atoms with E-state index in [9.17, 15) is 63.6 Å². The third kappa shape index (κ3) is 17.0. The Labute approximate surface area is 661 Å². The van der Waals surface area contributed by atoms with Gasteiger partial charge in [-0.1, -0.05) is 76.1 Å². The Morgan fingerprint density at radius 3 is 1.23 bits per heavy atom. The lowest BCUT2D eigenvalue weighted by atomic mass is 9.98. The van der Waals surface area contributed by atoms with Gasteiger partial charge in [-0.2, -0.15) is 0 Å². The van der Waals surface area contributed by atoms with Crippen molar-refractivity contribution in [1.29, 1.82) is 0 Å². The summed E-state index contributed by atoms with van der Waals surface area (Å²) in [6, 6.07) is 31.4. The summed E-state index contributed by atoms with van der Waals surface area (Å²) >= 11 is 0. The second-order valence-corrected chi connectivity index (χ2v) is 28.6. The molecule has 0 bridgehead atoms. The maximum absolute atomic E-state index is 13.1. The number of ether oxygens (including phenoxy) is 3. The highest BCUT2D eigenvalue weighted by Crippen LogP contribution is 2.33.